The maximum Gasteiger partial charge on any atom is 0.354 e. The van der Waals surface area contributed by atoms with Crippen LogP contribution in [0.1, 0.15) is 6.92 Å². The third-order valence-electron chi connectivity index (χ3n) is 1.37. The number of hydrogen-bond acceptors (Lipinski definition) is 3. The minimum Gasteiger partial charge on any atom is -0.332 e. The molecule has 0 bridgehead atoms. The smallest absolute Gasteiger partial charge is 0.332 e. The van der Waals surface area contributed by atoms with Gasteiger partial charge in [0.25, 0.3) is 0 Å². The molecule has 0 N–H and O–H groups in total. The first-order valence-electron chi connectivity index (χ1n) is 3.84. The van der Waals surface area contributed by atoms with Gasteiger partial charge in [0.2, 0.25) is 0 Å². The van der Waals surface area contributed by atoms with Gasteiger partial charge in [0.05, 0.1) is 5.69 Å². The van der Waals surface area contributed by atoms with E-state index in [1.807, 2.05) is 0 Å². The van der Waals surface area contributed by atoms with Crippen LogP contribution >= 0.6 is 11.6 Å². The summed E-state index contributed by atoms with van der Waals surface area (Å²) in [6, 6.07) is 8.37. The fraction of sp³-hybridized carbons (Fsp3) is 0.111. The third kappa shape index (κ3) is 2.74. The van der Waals surface area contributed by atoms with Crippen molar-refractivity contribution < 1.29 is 14.4 Å². The Kier molecular flexibility index (Phi) is 3.48. The summed E-state index contributed by atoms with van der Waals surface area (Å²) in [5, 5.41) is -0.143. The molecule has 0 atom stereocenters. The number of carbonyl (C=O) groups excluding carboxylic acids is 2. The number of amides is 1. The van der Waals surface area contributed by atoms with Gasteiger partial charge in [-0.15, -0.1) is 5.06 Å². The van der Waals surface area contributed by atoms with Gasteiger partial charge in [0, 0.05) is 6.92 Å². The quantitative estimate of drug-likeness (QED) is 0.409. The highest BCUT2D eigenvalue weighted by Gasteiger charge is 2.16. The van der Waals surface area contributed by atoms with Crippen LogP contribution in [0, 0.1) is 0 Å². The Morgan fingerprint density at radius 1 is 1.29 bits per heavy atom. The van der Waals surface area contributed by atoms with Crippen LogP contribution in [0.15, 0.2) is 30.3 Å². The highest BCUT2D eigenvalue weighted by atomic mass is 35.5. The minimum absolute atomic E-state index is 0.405. The topological polar surface area (TPSA) is 46.6 Å². The standard InChI is InChI=1S/C9H8ClNO3/c1-7(12)14-11(9(10)13)8-5-3-2-4-6-8/h2-6H,1H3. The van der Waals surface area contributed by atoms with Gasteiger partial charge in [-0.05, 0) is 23.7 Å². The molecular formula is C9H8ClNO3. The summed E-state index contributed by atoms with van der Waals surface area (Å²) >= 11 is 5.23. The second-order valence-corrected chi connectivity index (χ2v) is 2.79. The molecule has 0 saturated heterocycles. The summed E-state index contributed by atoms with van der Waals surface area (Å²) in [7, 11) is 0. The zero-order valence-corrected chi connectivity index (χ0v) is 8.19. The van der Waals surface area contributed by atoms with E-state index < -0.39 is 11.3 Å². The van der Waals surface area contributed by atoms with Crippen LogP contribution in [-0.2, 0) is 9.63 Å². The predicted molar refractivity (Wildman–Crippen MR) is 51.9 cm³/mol. The molecule has 1 amide bonds. The molecule has 4 nitrogen and oxygen atoms in total. The van der Waals surface area contributed by atoms with Crippen molar-refractivity contribution in [3.8, 4) is 0 Å². The highest BCUT2D eigenvalue weighted by Crippen LogP contribution is 2.15. The van der Waals surface area contributed by atoms with Crippen LogP contribution in [0.5, 0.6) is 0 Å². The number of nitrogens with zero attached hydrogens (tertiary/aromatic N) is 1. The molecule has 0 radical (unpaired) electrons. The van der Waals surface area contributed by atoms with Gasteiger partial charge in [0.15, 0.2) is 0 Å². The Morgan fingerprint density at radius 3 is 2.29 bits per heavy atom. The molecule has 0 aliphatic rings. The van der Waals surface area contributed by atoms with Crippen molar-refractivity contribution in [3.05, 3.63) is 30.3 Å². The van der Waals surface area contributed by atoms with Crippen molar-refractivity contribution >= 4 is 28.6 Å². The number of halogens is 1. The van der Waals surface area contributed by atoms with Crippen molar-refractivity contribution in [2.75, 3.05) is 5.06 Å². The van der Waals surface area contributed by atoms with Crippen molar-refractivity contribution in [2.24, 2.45) is 0 Å². The number of para-hydroxylation sites is 1. The van der Waals surface area contributed by atoms with Gasteiger partial charge in [-0.3, -0.25) is 4.79 Å². The van der Waals surface area contributed by atoms with Gasteiger partial charge in [0.1, 0.15) is 0 Å². The maximum absolute atomic E-state index is 10.9. The largest absolute Gasteiger partial charge is 0.354 e. The molecule has 1 aromatic carbocycles. The van der Waals surface area contributed by atoms with Crippen LogP contribution in [0.4, 0.5) is 10.5 Å². The van der Waals surface area contributed by atoms with Crippen LogP contribution in [-0.4, -0.2) is 11.3 Å². The summed E-state index contributed by atoms with van der Waals surface area (Å²) in [6.07, 6.45) is 0. The summed E-state index contributed by atoms with van der Waals surface area (Å²) in [5.41, 5.74) is 0.405. The van der Waals surface area contributed by atoms with E-state index in [4.69, 9.17) is 11.6 Å². The number of benzene rings is 1. The molecule has 0 fully saturated rings. The lowest BCUT2D eigenvalue weighted by Crippen LogP contribution is -2.28. The molecule has 0 heterocycles. The predicted octanol–water partition coefficient (Wildman–Crippen LogP) is 2.33. The normalized spacial score (nSPS) is 9.29. The van der Waals surface area contributed by atoms with Gasteiger partial charge in [-0.2, -0.15) is 0 Å². The van der Waals surface area contributed by atoms with Crippen LogP contribution in [0.2, 0.25) is 0 Å². The van der Waals surface area contributed by atoms with E-state index in [0.29, 0.717) is 5.69 Å². The van der Waals surface area contributed by atoms with Gasteiger partial charge in [-0.1, -0.05) is 18.2 Å². The van der Waals surface area contributed by atoms with E-state index in [-0.39, 0.29) is 0 Å². The SMILES string of the molecule is CC(=O)ON(C(=O)Cl)c1ccccc1. The van der Waals surface area contributed by atoms with Gasteiger partial charge >= 0.3 is 11.3 Å². The fourth-order valence-electron chi connectivity index (χ4n) is 0.882. The van der Waals surface area contributed by atoms with E-state index >= 15 is 0 Å². The molecule has 0 unspecified atom stereocenters. The molecule has 1 rings (SSSR count). The van der Waals surface area contributed by atoms with E-state index in [1.165, 1.54) is 6.92 Å². The van der Waals surface area contributed by atoms with Gasteiger partial charge < -0.3 is 4.84 Å². The second-order valence-electron chi connectivity index (χ2n) is 2.47. The first kappa shape index (κ1) is 10.5. The lowest BCUT2D eigenvalue weighted by Gasteiger charge is -2.16. The number of hydroxylamine groups is 1. The van der Waals surface area contributed by atoms with Crippen molar-refractivity contribution in [1.82, 2.24) is 0 Å². The minimum atomic E-state index is -0.869. The van der Waals surface area contributed by atoms with Crippen LogP contribution in [0.3, 0.4) is 0 Å². The number of anilines is 1. The Bertz CT molecular complexity index is 339. The Morgan fingerprint density at radius 2 is 1.86 bits per heavy atom. The number of rotatable bonds is 1. The molecule has 0 saturated carbocycles. The second kappa shape index (κ2) is 4.62. The monoisotopic (exact) mass is 213 g/mol. The Hall–Kier alpha value is -1.55. The van der Waals surface area contributed by atoms with Gasteiger partial charge in [-0.25, -0.2) is 4.79 Å². The average molecular weight is 214 g/mol. The van der Waals surface area contributed by atoms with E-state index in [2.05, 4.69) is 4.84 Å². The lowest BCUT2D eigenvalue weighted by molar-refractivity contribution is -0.141. The molecule has 0 aliphatic heterocycles. The highest BCUT2D eigenvalue weighted by molar-refractivity contribution is 6.65. The Labute approximate surface area is 86.0 Å². The molecule has 0 aromatic heterocycles. The first-order chi connectivity index (χ1) is 6.61. The summed E-state index contributed by atoms with van der Waals surface area (Å²) in [4.78, 5) is 26.2. The zero-order chi connectivity index (χ0) is 10.6. The van der Waals surface area contributed by atoms with Crippen molar-refractivity contribution in [1.29, 1.82) is 0 Å². The molecule has 14 heavy (non-hydrogen) atoms. The maximum atomic E-state index is 10.9. The van der Waals surface area contributed by atoms with Crippen LogP contribution < -0.4 is 5.06 Å². The molecule has 74 valence electrons. The average Bonchev–Trinajstić information content (AvgIpc) is 2.15. The molecule has 0 spiro atoms. The fourth-order valence-corrected chi connectivity index (χ4v) is 1.01. The first-order valence-corrected chi connectivity index (χ1v) is 4.22. The van der Waals surface area contributed by atoms with Crippen molar-refractivity contribution in [2.45, 2.75) is 6.92 Å². The third-order valence-corrected chi connectivity index (χ3v) is 1.52. The van der Waals surface area contributed by atoms with E-state index in [9.17, 15) is 9.59 Å². The number of hydrogen-bond donors (Lipinski definition) is 0. The lowest BCUT2D eigenvalue weighted by atomic mass is 10.3. The molecule has 0 aliphatic carbocycles. The molecule has 1 aromatic rings. The summed E-state index contributed by atoms with van der Waals surface area (Å²) in [6.45, 7) is 1.19. The zero-order valence-electron chi connectivity index (χ0n) is 7.44. The van der Waals surface area contributed by atoms with E-state index in [1.54, 1.807) is 30.3 Å². The molecular weight excluding hydrogens is 206 g/mol. The van der Waals surface area contributed by atoms with Crippen LogP contribution in [0.25, 0.3) is 0 Å². The summed E-state index contributed by atoms with van der Waals surface area (Å²) < 4.78 is 0. The number of carbonyl (C=O) groups is 2. The molecule has 5 heteroatoms. The van der Waals surface area contributed by atoms with Crippen molar-refractivity contribution in [3.63, 3.8) is 0 Å². The summed E-state index contributed by atoms with van der Waals surface area (Å²) in [5.74, 6) is -0.608. The Balaban J connectivity index is 2.89. The van der Waals surface area contributed by atoms with E-state index in [0.717, 1.165) is 5.06 Å².